The Balaban J connectivity index is 1.69. The van der Waals surface area contributed by atoms with Crippen LogP contribution in [0.3, 0.4) is 0 Å². The van der Waals surface area contributed by atoms with Crippen molar-refractivity contribution in [1.29, 1.82) is 0 Å². The number of halogens is 1. The molecule has 5 aromatic rings. The van der Waals surface area contributed by atoms with Crippen LogP contribution >= 0.6 is 11.6 Å². The van der Waals surface area contributed by atoms with Crippen molar-refractivity contribution in [1.82, 2.24) is 18.9 Å². The van der Waals surface area contributed by atoms with Crippen LogP contribution < -0.4 is 4.74 Å². The maximum absolute atomic E-state index is 12.5. The summed E-state index contributed by atoms with van der Waals surface area (Å²) in [5, 5.41) is 1.50. The number of carbonyl (C=O) groups excluding carboxylic acids is 1. The molecule has 3 heterocycles. The van der Waals surface area contributed by atoms with E-state index in [1.807, 2.05) is 55.6 Å². The average Bonchev–Trinajstić information content (AvgIpc) is 3.37. The molecule has 0 aliphatic carbocycles. The van der Waals surface area contributed by atoms with Crippen molar-refractivity contribution in [2.24, 2.45) is 0 Å². The third-order valence-electron chi connectivity index (χ3n) is 6.00. The molecule has 174 valence electrons. The number of nitrogens with zero attached hydrogens (tertiary/aromatic N) is 4. The van der Waals surface area contributed by atoms with E-state index in [-0.39, 0.29) is 5.97 Å². The van der Waals surface area contributed by atoms with Crippen LogP contribution in [0.4, 0.5) is 0 Å². The van der Waals surface area contributed by atoms with E-state index < -0.39 is 0 Å². The van der Waals surface area contributed by atoms with Crippen molar-refractivity contribution < 1.29 is 9.53 Å². The molecule has 0 aliphatic heterocycles. The van der Waals surface area contributed by atoms with Crippen molar-refractivity contribution in [2.75, 3.05) is 0 Å². The predicted octanol–water partition coefficient (Wildman–Crippen LogP) is 6.39. The van der Waals surface area contributed by atoms with Gasteiger partial charge in [-0.25, -0.2) is 9.97 Å². The standard InChI is InChI=1S/C27H27ClN4O2/c1-3-7-23-30-26-25(27-29-20-9-5-6-10-21(20)32(23)27)22(34-24(33)8-4-2)17-31(26)16-15-18-11-13-19(28)14-12-18/h5-6,9-14,17H,3-4,7-8,15-16H2,1-2H3. The molecule has 0 bridgehead atoms. The zero-order valence-electron chi connectivity index (χ0n) is 19.4. The molecule has 0 spiro atoms. The van der Waals surface area contributed by atoms with Gasteiger partial charge in [0.05, 0.1) is 11.0 Å². The van der Waals surface area contributed by atoms with Gasteiger partial charge in [-0.05, 0) is 49.1 Å². The number of aryl methyl sites for hydroxylation is 3. The van der Waals surface area contributed by atoms with Crippen molar-refractivity contribution in [3.05, 3.63) is 71.1 Å². The Bertz CT molecular complexity index is 1480. The number of ether oxygens (including phenoxy) is 1. The molecule has 0 N–H and O–H groups in total. The van der Waals surface area contributed by atoms with E-state index in [9.17, 15) is 4.79 Å². The summed E-state index contributed by atoms with van der Waals surface area (Å²) in [6.45, 7) is 4.81. The Hall–Kier alpha value is -3.38. The Morgan fingerprint density at radius 1 is 0.971 bits per heavy atom. The van der Waals surface area contributed by atoms with Crippen LogP contribution in [-0.4, -0.2) is 24.9 Å². The summed E-state index contributed by atoms with van der Waals surface area (Å²) < 4.78 is 10.0. The summed E-state index contributed by atoms with van der Waals surface area (Å²) in [6.07, 6.45) is 5.58. The van der Waals surface area contributed by atoms with Crippen molar-refractivity contribution in [3.63, 3.8) is 0 Å². The van der Waals surface area contributed by atoms with E-state index in [0.29, 0.717) is 18.7 Å². The highest BCUT2D eigenvalue weighted by Crippen LogP contribution is 2.34. The zero-order valence-corrected chi connectivity index (χ0v) is 20.2. The van der Waals surface area contributed by atoms with Crippen molar-refractivity contribution in [3.8, 4) is 5.75 Å². The Morgan fingerprint density at radius 2 is 1.76 bits per heavy atom. The van der Waals surface area contributed by atoms with Gasteiger partial charge in [-0.2, -0.15) is 0 Å². The van der Waals surface area contributed by atoms with Gasteiger partial charge in [-0.1, -0.05) is 49.7 Å². The largest absolute Gasteiger partial charge is 0.424 e. The fraction of sp³-hybridized carbons (Fsp3) is 0.296. The van der Waals surface area contributed by atoms with Crippen LogP contribution in [0.25, 0.3) is 27.7 Å². The third kappa shape index (κ3) is 4.14. The summed E-state index contributed by atoms with van der Waals surface area (Å²) in [7, 11) is 0. The minimum Gasteiger partial charge on any atom is -0.424 e. The Morgan fingerprint density at radius 3 is 2.53 bits per heavy atom. The number of benzene rings is 2. The molecular weight excluding hydrogens is 448 g/mol. The van der Waals surface area contributed by atoms with Gasteiger partial charge < -0.3 is 9.30 Å². The number of aromatic nitrogens is 4. The van der Waals surface area contributed by atoms with Crippen molar-refractivity contribution >= 4 is 45.3 Å². The fourth-order valence-corrected chi connectivity index (χ4v) is 4.52. The lowest BCUT2D eigenvalue weighted by atomic mass is 10.1. The smallest absolute Gasteiger partial charge is 0.311 e. The maximum atomic E-state index is 12.5. The molecule has 0 unspecified atom stereocenters. The lowest BCUT2D eigenvalue weighted by Crippen LogP contribution is -2.07. The van der Waals surface area contributed by atoms with Gasteiger partial charge in [-0.15, -0.1) is 0 Å². The third-order valence-corrected chi connectivity index (χ3v) is 6.25. The SMILES string of the molecule is CCCC(=O)Oc1cn(CCc2ccc(Cl)cc2)c2nc(CCC)n3c4ccccc4nc3c12. The lowest BCUT2D eigenvalue weighted by Gasteiger charge is -2.09. The molecule has 7 heteroatoms. The molecule has 0 atom stereocenters. The number of carbonyl (C=O) groups is 1. The molecule has 3 aromatic heterocycles. The topological polar surface area (TPSA) is 61.4 Å². The summed E-state index contributed by atoms with van der Waals surface area (Å²) in [5.74, 6) is 1.22. The average molecular weight is 475 g/mol. The van der Waals surface area contributed by atoms with Gasteiger partial charge >= 0.3 is 5.97 Å². The molecule has 0 fully saturated rings. The molecule has 0 radical (unpaired) electrons. The highest BCUT2D eigenvalue weighted by molar-refractivity contribution is 6.30. The number of para-hydroxylation sites is 2. The highest BCUT2D eigenvalue weighted by atomic mass is 35.5. The molecule has 2 aromatic carbocycles. The van der Waals surface area contributed by atoms with Gasteiger partial charge in [0.1, 0.15) is 16.9 Å². The Kier molecular flexibility index (Phi) is 6.24. The molecule has 34 heavy (non-hydrogen) atoms. The molecular formula is C27H27ClN4O2. The number of fused-ring (bicyclic) bond motifs is 5. The second kappa shape index (κ2) is 9.47. The van der Waals surface area contributed by atoms with Gasteiger partial charge in [0, 0.05) is 30.6 Å². The molecule has 0 amide bonds. The van der Waals surface area contributed by atoms with Crippen LogP contribution in [0.5, 0.6) is 5.75 Å². The first-order valence-electron chi connectivity index (χ1n) is 11.8. The lowest BCUT2D eigenvalue weighted by molar-refractivity contribution is -0.134. The summed E-state index contributed by atoms with van der Waals surface area (Å²) in [6, 6.07) is 15.9. The van der Waals surface area contributed by atoms with Crippen LogP contribution in [-0.2, 0) is 24.2 Å². The molecule has 0 saturated carbocycles. The number of imidazole rings is 1. The number of esters is 1. The number of hydrogen-bond acceptors (Lipinski definition) is 4. The maximum Gasteiger partial charge on any atom is 0.311 e. The number of rotatable bonds is 8. The summed E-state index contributed by atoms with van der Waals surface area (Å²) in [5.41, 5.74) is 4.65. The fourth-order valence-electron chi connectivity index (χ4n) is 4.40. The van der Waals surface area contributed by atoms with Crippen molar-refractivity contribution in [2.45, 2.75) is 52.5 Å². The van der Waals surface area contributed by atoms with E-state index in [4.69, 9.17) is 26.3 Å². The Labute approximate surface area is 203 Å². The first kappa shape index (κ1) is 22.4. The summed E-state index contributed by atoms with van der Waals surface area (Å²) >= 11 is 6.05. The van der Waals surface area contributed by atoms with E-state index >= 15 is 0 Å². The second-order valence-electron chi connectivity index (χ2n) is 8.52. The molecule has 6 nitrogen and oxygen atoms in total. The normalized spacial score (nSPS) is 11.6. The number of hydrogen-bond donors (Lipinski definition) is 0. The van der Waals surface area contributed by atoms with Crippen LogP contribution in [0.2, 0.25) is 5.02 Å². The second-order valence-corrected chi connectivity index (χ2v) is 8.96. The monoisotopic (exact) mass is 474 g/mol. The minimum absolute atomic E-state index is 0.244. The van der Waals surface area contributed by atoms with E-state index in [0.717, 1.165) is 64.2 Å². The van der Waals surface area contributed by atoms with E-state index in [2.05, 4.69) is 22.0 Å². The quantitative estimate of drug-likeness (QED) is 0.244. The summed E-state index contributed by atoms with van der Waals surface area (Å²) in [4.78, 5) is 22.5. The minimum atomic E-state index is -0.244. The first-order chi connectivity index (χ1) is 16.6. The van der Waals surface area contributed by atoms with Crippen LogP contribution in [0.1, 0.15) is 44.5 Å². The van der Waals surface area contributed by atoms with E-state index in [1.165, 1.54) is 5.56 Å². The first-order valence-corrected chi connectivity index (χ1v) is 12.2. The van der Waals surface area contributed by atoms with Gasteiger partial charge in [0.25, 0.3) is 0 Å². The van der Waals surface area contributed by atoms with Crippen LogP contribution in [0.15, 0.2) is 54.7 Å². The predicted molar refractivity (Wildman–Crippen MR) is 136 cm³/mol. The zero-order chi connectivity index (χ0) is 23.7. The van der Waals surface area contributed by atoms with E-state index in [1.54, 1.807) is 0 Å². The van der Waals surface area contributed by atoms with Gasteiger partial charge in [-0.3, -0.25) is 9.20 Å². The highest BCUT2D eigenvalue weighted by Gasteiger charge is 2.22. The molecule has 5 rings (SSSR count). The molecule has 0 aliphatic rings. The van der Waals surface area contributed by atoms with Gasteiger partial charge in [0.15, 0.2) is 11.4 Å². The molecule has 0 saturated heterocycles. The van der Waals surface area contributed by atoms with Gasteiger partial charge in [0.2, 0.25) is 0 Å². The van der Waals surface area contributed by atoms with Crippen LogP contribution in [0, 0.1) is 0 Å².